The van der Waals surface area contributed by atoms with Gasteiger partial charge in [-0.3, -0.25) is 14.8 Å². The summed E-state index contributed by atoms with van der Waals surface area (Å²) in [4.78, 5) is 33.9. The Balaban J connectivity index is 1.15. The number of anilines is 1. The van der Waals surface area contributed by atoms with Gasteiger partial charge in [0.15, 0.2) is 0 Å². The molecule has 9 nitrogen and oxygen atoms in total. The highest BCUT2D eigenvalue weighted by Crippen LogP contribution is 2.27. The smallest absolute Gasteiger partial charge is 0.320 e. The molecular weight excluding hydrogens is 470 g/mol. The molecule has 2 fully saturated rings. The number of hydroxylamine groups is 1. The third-order valence-corrected chi connectivity index (χ3v) is 7.91. The predicted molar refractivity (Wildman–Crippen MR) is 140 cm³/mol. The number of nitrogens with zero attached hydrogens (tertiary/aromatic N) is 3. The molecule has 37 heavy (non-hydrogen) atoms. The van der Waals surface area contributed by atoms with Gasteiger partial charge in [0.05, 0.1) is 5.56 Å². The Morgan fingerprint density at radius 1 is 0.973 bits per heavy atom. The molecule has 0 radical (unpaired) electrons. The number of piperidine rings is 1. The number of carboxylic acid groups (broad SMARTS) is 1. The van der Waals surface area contributed by atoms with Crippen molar-refractivity contribution in [2.45, 2.75) is 76.8 Å². The lowest BCUT2D eigenvalue weighted by molar-refractivity contribution is -0.141. The van der Waals surface area contributed by atoms with Crippen LogP contribution < -0.4 is 15.7 Å². The molecule has 2 aromatic rings. The van der Waals surface area contributed by atoms with Crippen molar-refractivity contribution in [2.75, 3.05) is 18.0 Å². The molecule has 1 amide bonds. The Hall–Kier alpha value is -3.04. The summed E-state index contributed by atoms with van der Waals surface area (Å²) in [7, 11) is 0. The van der Waals surface area contributed by atoms with E-state index in [1.165, 1.54) is 30.8 Å². The number of carboxylic acids is 1. The van der Waals surface area contributed by atoms with Crippen molar-refractivity contribution in [3.63, 3.8) is 0 Å². The molecule has 2 aliphatic rings. The number of benzene rings is 1. The van der Waals surface area contributed by atoms with Crippen LogP contribution in [0, 0.1) is 11.8 Å². The van der Waals surface area contributed by atoms with E-state index >= 15 is 0 Å². The first-order chi connectivity index (χ1) is 18.0. The van der Waals surface area contributed by atoms with Gasteiger partial charge in [0, 0.05) is 32.0 Å². The lowest BCUT2D eigenvalue weighted by Crippen LogP contribution is -2.43. The maximum atomic E-state index is 11.8. The summed E-state index contributed by atoms with van der Waals surface area (Å²) in [6.07, 6.45) is 14.0. The Bertz CT molecular complexity index is 1000. The van der Waals surface area contributed by atoms with E-state index in [-0.39, 0.29) is 11.5 Å². The zero-order chi connectivity index (χ0) is 26.0. The van der Waals surface area contributed by atoms with Crippen LogP contribution in [0.5, 0.6) is 0 Å². The molecule has 1 saturated heterocycles. The van der Waals surface area contributed by atoms with Crippen LogP contribution in [0.25, 0.3) is 0 Å². The number of aromatic nitrogens is 2. The second-order valence-corrected chi connectivity index (χ2v) is 10.4. The second-order valence-electron chi connectivity index (χ2n) is 10.4. The van der Waals surface area contributed by atoms with E-state index in [1.54, 1.807) is 5.48 Å². The van der Waals surface area contributed by atoms with E-state index in [0.29, 0.717) is 18.4 Å². The summed E-state index contributed by atoms with van der Waals surface area (Å²) in [5, 5.41) is 21.7. The van der Waals surface area contributed by atoms with Crippen molar-refractivity contribution in [3.8, 4) is 0 Å². The summed E-state index contributed by atoms with van der Waals surface area (Å²) in [5.41, 5.74) is 4.27. The molecule has 1 aliphatic carbocycles. The van der Waals surface area contributed by atoms with Crippen molar-refractivity contribution in [1.82, 2.24) is 20.8 Å². The van der Waals surface area contributed by atoms with Gasteiger partial charge in [0.2, 0.25) is 5.95 Å². The van der Waals surface area contributed by atoms with Gasteiger partial charge in [-0.1, -0.05) is 43.5 Å². The van der Waals surface area contributed by atoms with Crippen molar-refractivity contribution in [3.05, 3.63) is 53.3 Å². The minimum Gasteiger partial charge on any atom is -0.480 e. The number of nitrogens with one attached hydrogen (secondary N) is 2. The van der Waals surface area contributed by atoms with Crippen LogP contribution in [0.1, 0.15) is 79.3 Å². The third-order valence-electron chi connectivity index (χ3n) is 7.91. The highest BCUT2D eigenvalue weighted by atomic mass is 16.5. The van der Waals surface area contributed by atoms with Crippen LogP contribution in [0.4, 0.5) is 5.95 Å². The van der Waals surface area contributed by atoms with Gasteiger partial charge < -0.3 is 15.3 Å². The van der Waals surface area contributed by atoms with Gasteiger partial charge in [-0.25, -0.2) is 15.4 Å². The molecule has 1 aliphatic heterocycles. The fourth-order valence-electron chi connectivity index (χ4n) is 5.66. The molecule has 1 atom stereocenters. The zero-order valence-corrected chi connectivity index (χ0v) is 21.4. The molecule has 2 heterocycles. The largest absolute Gasteiger partial charge is 0.480 e. The normalized spacial score (nSPS) is 17.9. The fourth-order valence-corrected chi connectivity index (χ4v) is 5.66. The molecule has 0 spiro atoms. The van der Waals surface area contributed by atoms with E-state index in [0.717, 1.165) is 70.0 Å². The van der Waals surface area contributed by atoms with Gasteiger partial charge in [0.1, 0.15) is 6.04 Å². The van der Waals surface area contributed by atoms with Crippen molar-refractivity contribution >= 4 is 17.8 Å². The standard InChI is InChI=1S/C28H39N5O4/c34-26(32-37)24-18-30-28(31-19-24)33-15-13-21(14-16-33)6-4-5-20-9-11-22(12-10-20)17-29-25(27(35)36)23-7-2-1-3-8-23/h9-12,18-19,21,23,25,29,37H,1-8,13-17H2,(H,32,34)(H,35,36)/t25-/m0/s1. The van der Waals surface area contributed by atoms with Crippen LogP contribution in [0.3, 0.4) is 0 Å². The minimum absolute atomic E-state index is 0.231. The van der Waals surface area contributed by atoms with Crippen LogP contribution in [-0.4, -0.2) is 51.3 Å². The number of rotatable bonds is 11. The third kappa shape index (κ3) is 7.72. The SMILES string of the molecule is O=C(NO)c1cnc(N2CCC(CCCc3ccc(CN[C@H](C(=O)O)C4CCCCC4)cc3)CC2)nc1. The van der Waals surface area contributed by atoms with Gasteiger partial charge in [-0.15, -0.1) is 0 Å². The van der Waals surface area contributed by atoms with Gasteiger partial charge in [0.25, 0.3) is 5.91 Å². The molecule has 9 heteroatoms. The van der Waals surface area contributed by atoms with E-state index in [4.69, 9.17) is 5.21 Å². The second kappa shape index (κ2) is 13.5. The number of hydrogen-bond acceptors (Lipinski definition) is 7. The van der Waals surface area contributed by atoms with Crippen LogP contribution in [-0.2, 0) is 17.8 Å². The molecule has 4 rings (SSSR count). The lowest BCUT2D eigenvalue weighted by atomic mass is 9.84. The zero-order valence-electron chi connectivity index (χ0n) is 21.4. The van der Waals surface area contributed by atoms with Gasteiger partial charge >= 0.3 is 5.97 Å². The molecule has 1 saturated carbocycles. The van der Waals surface area contributed by atoms with E-state index in [9.17, 15) is 14.7 Å². The predicted octanol–water partition coefficient (Wildman–Crippen LogP) is 3.96. The van der Waals surface area contributed by atoms with E-state index < -0.39 is 17.9 Å². The average molecular weight is 510 g/mol. The summed E-state index contributed by atoms with van der Waals surface area (Å²) in [6.45, 7) is 2.39. The summed E-state index contributed by atoms with van der Waals surface area (Å²) >= 11 is 0. The number of hydrogen-bond donors (Lipinski definition) is 4. The molecular formula is C28H39N5O4. The number of carbonyl (C=O) groups is 2. The van der Waals surface area contributed by atoms with Crippen LogP contribution >= 0.6 is 0 Å². The van der Waals surface area contributed by atoms with Gasteiger partial charge in [-0.2, -0.15) is 0 Å². The lowest BCUT2D eigenvalue weighted by Gasteiger charge is -2.32. The maximum Gasteiger partial charge on any atom is 0.320 e. The highest BCUT2D eigenvalue weighted by Gasteiger charge is 2.28. The first-order valence-corrected chi connectivity index (χ1v) is 13.6. The van der Waals surface area contributed by atoms with Crippen LogP contribution in [0.15, 0.2) is 36.7 Å². The Labute approximate surface area is 218 Å². The van der Waals surface area contributed by atoms with Crippen molar-refractivity contribution < 1.29 is 19.9 Å². The highest BCUT2D eigenvalue weighted by molar-refractivity contribution is 5.92. The summed E-state index contributed by atoms with van der Waals surface area (Å²) < 4.78 is 0. The monoisotopic (exact) mass is 509 g/mol. The number of amides is 1. The summed E-state index contributed by atoms with van der Waals surface area (Å²) in [6, 6.07) is 8.14. The fraction of sp³-hybridized carbons (Fsp3) is 0.571. The Kier molecular flexibility index (Phi) is 9.85. The number of aryl methyl sites for hydroxylation is 1. The Morgan fingerprint density at radius 3 is 2.24 bits per heavy atom. The average Bonchev–Trinajstić information content (AvgIpc) is 2.94. The first kappa shape index (κ1) is 27.0. The summed E-state index contributed by atoms with van der Waals surface area (Å²) in [5.74, 6) is 0.207. The minimum atomic E-state index is -0.730. The molecule has 1 aromatic heterocycles. The quantitative estimate of drug-likeness (QED) is 0.265. The Morgan fingerprint density at radius 2 is 1.62 bits per heavy atom. The van der Waals surface area contributed by atoms with Crippen LogP contribution in [0.2, 0.25) is 0 Å². The molecule has 4 N–H and O–H groups in total. The molecule has 0 unspecified atom stereocenters. The topological polar surface area (TPSA) is 128 Å². The van der Waals surface area contributed by atoms with Crippen molar-refractivity contribution in [2.24, 2.45) is 11.8 Å². The molecule has 0 bridgehead atoms. The molecule has 1 aromatic carbocycles. The maximum absolute atomic E-state index is 11.8. The number of carbonyl (C=O) groups excluding carboxylic acids is 1. The van der Waals surface area contributed by atoms with Gasteiger partial charge in [-0.05, 0) is 67.9 Å². The molecule has 200 valence electrons. The van der Waals surface area contributed by atoms with E-state index in [2.05, 4.69) is 44.5 Å². The number of aliphatic carboxylic acids is 1. The first-order valence-electron chi connectivity index (χ1n) is 13.6. The van der Waals surface area contributed by atoms with E-state index in [1.807, 2.05) is 0 Å². The van der Waals surface area contributed by atoms with Crippen molar-refractivity contribution in [1.29, 1.82) is 0 Å².